The van der Waals surface area contributed by atoms with E-state index >= 15 is 0 Å². The van der Waals surface area contributed by atoms with Gasteiger partial charge in [0.05, 0.1) is 36.4 Å². The Kier molecular flexibility index (Phi) is 5.82. The summed E-state index contributed by atoms with van der Waals surface area (Å²) in [6.45, 7) is 3.35. The summed E-state index contributed by atoms with van der Waals surface area (Å²) in [5.74, 6) is 0.458. The number of aromatic nitrogens is 4. The summed E-state index contributed by atoms with van der Waals surface area (Å²) in [6.07, 6.45) is 6.07. The number of carbonyl (C=O) groups excluding carboxylic acids is 1. The topological polar surface area (TPSA) is 108 Å². The number of nitrogen functional groups attached to an aromatic ring is 1. The van der Waals surface area contributed by atoms with Gasteiger partial charge >= 0.3 is 0 Å². The number of rotatable bonds is 7. The number of carbonyl (C=O) groups is 1. The number of ether oxygens (including phenoxy) is 1. The third-order valence-electron chi connectivity index (χ3n) is 4.78. The van der Waals surface area contributed by atoms with Gasteiger partial charge in [-0.25, -0.2) is 4.68 Å². The van der Waals surface area contributed by atoms with Crippen LogP contribution in [-0.2, 0) is 9.53 Å². The van der Waals surface area contributed by atoms with Crippen LogP contribution in [0.5, 0.6) is 0 Å². The summed E-state index contributed by atoms with van der Waals surface area (Å²) < 4.78 is 6.96. The van der Waals surface area contributed by atoms with Crippen molar-refractivity contribution >= 4 is 11.6 Å². The summed E-state index contributed by atoms with van der Waals surface area (Å²) in [6, 6.07) is 3.81. The third kappa shape index (κ3) is 4.37. The SMILES string of the molecule is COCC(C)CNC(=O)C1CCC(n2cc(-c3ccc(N)cn3)nn2)C1. The van der Waals surface area contributed by atoms with Crippen molar-refractivity contribution in [3.05, 3.63) is 24.5 Å². The Morgan fingerprint density at radius 2 is 2.27 bits per heavy atom. The standard InChI is InChI=1S/C18H26N6O2/c1-12(11-26-2)8-21-18(25)13-3-5-15(7-13)24-10-17(22-23-24)16-6-4-14(19)9-20-16/h4,6,9-10,12-13,15H,3,5,7-8,11,19H2,1-2H3,(H,21,25). The average Bonchev–Trinajstić information content (AvgIpc) is 3.30. The maximum Gasteiger partial charge on any atom is 0.223 e. The summed E-state index contributed by atoms with van der Waals surface area (Å²) in [4.78, 5) is 16.6. The predicted molar refractivity (Wildman–Crippen MR) is 98.1 cm³/mol. The van der Waals surface area contributed by atoms with Crippen LogP contribution in [0.1, 0.15) is 32.2 Å². The molecule has 1 aliphatic rings. The van der Waals surface area contributed by atoms with Crippen LogP contribution in [0.15, 0.2) is 24.5 Å². The first-order chi connectivity index (χ1) is 12.6. The van der Waals surface area contributed by atoms with Gasteiger partial charge in [-0.1, -0.05) is 12.1 Å². The third-order valence-corrected chi connectivity index (χ3v) is 4.78. The van der Waals surface area contributed by atoms with Crippen LogP contribution in [-0.4, -0.2) is 46.1 Å². The Labute approximate surface area is 153 Å². The Hall–Kier alpha value is -2.48. The van der Waals surface area contributed by atoms with Gasteiger partial charge in [0.15, 0.2) is 0 Å². The van der Waals surface area contributed by atoms with Crippen molar-refractivity contribution in [2.24, 2.45) is 11.8 Å². The van der Waals surface area contributed by atoms with Gasteiger partial charge in [0.1, 0.15) is 5.69 Å². The highest BCUT2D eigenvalue weighted by molar-refractivity contribution is 5.78. The van der Waals surface area contributed by atoms with E-state index in [1.54, 1.807) is 19.4 Å². The number of anilines is 1. The Balaban J connectivity index is 1.55. The zero-order valence-corrected chi connectivity index (χ0v) is 15.3. The molecule has 2 aromatic rings. The van der Waals surface area contributed by atoms with Crippen molar-refractivity contribution in [2.75, 3.05) is 26.0 Å². The van der Waals surface area contributed by atoms with Crippen molar-refractivity contribution in [1.29, 1.82) is 0 Å². The molecule has 1 aliphatic carbocycles. The van der Waals surface area contributed by atoms with Crippen LogP contribution in [0.2, 0.25) is 0 Å². The molecule has 0 spiro atoms. The first kappa shape index (κ1) is 18.3. The van der Waals surface area contributed by atoms with Gasteiger partial charge in [0.2, 0.25) is 5.91 Å². The predicted octanol–water partition coefficient (Wildman–Crippen LogP) is 1.66. The molecule has 0 saturated heterocycles. The molecule has 3 atom stereocenters. The highest BCUT2D eigenvalue weighted by atomic mass is 16.5. The number of amides is 1. The van der Waals surface area contributed by atoms with Crippen LogP contribution in [0.3, 0.4) is 0 Å². The number of hydrogen-bond donors (Lipinski definition) is 2. The van der Waals surface area contributed by atoms with E-state index in [1.165, 1.54) is 0 Å². The lowest BCUT2D eigenvalue weighted by Crippen LogP contribution is -2.34. The minimum atomic E-state index is 0.0250. The fourth-order valence-electron chi connectivity index (χ4n) is 3.33. The van der Waals surface area contributed by atoms with Gasteiger partial charge < -0.3 is 15.8 Å². The number of hydrogen-bond acceptors (Lipinski definition) is 6. The van der Waals surface area contributed by atoms with Crippen molar-refractivity contribution in [1.82, 2.24) is 25.3 Å². The van der Waals surface area contributed by atoms with E-state index in [4.69, 9.17) is 10.5 Å². The summed E-state index contributed by atoms with van der Waals surface area (Å²) in [5.41, 5.74) is 7.74. The number of nitrogens with zero attached hydrogens (tertiary/aromatic N) is 4. The zero-order valence-electron chi connectivity index (χ0n) is 15.3. The summed E-state index contributed by atoms with van der Waals surface area (Å²) in [7, 11) is 1.67. The minimum Gasteiger partial charge on any atom is -0.397 e. The second kappa shape index (κ2) is 8.27. The number of nitrogens with one attached hydrogen (secondary N) is 1. The van der Waals surface area contributed by atoms with Gasteiger partial charge in [-0.2, -0.15) is 0 Å². The second-order valence-electron chi connectivity index (χ2n) is 7.03. The lowest BCUT2D eigenvalue weighted by molar-refractivity contribution is -0.125. The van der Waals surface area contributed by atoms with Crippen molar-refractivity contribution in [3.63, 3.8) is 0 Å². The van der Waals surface area contributed by atoms with E-state index < -0.39 is 0 Å². The molecule has 8 heteroatoms. The highest BCUT2D eigenvalue weighted by Gasteiger charge is 2.31. The second-order valence-corrected chi connectivity index (χ2v) is 7.03. The Morgan fingerprint density at radius 1 is 1.42 bits per heavy atom. The van der Waals surface area contributed by atoms with Crippen LogP contribution < -0.4 is 11.1 Å². The molecule has 140 valence electrons. The van der Waals surface area contributed by atoms with E-state index in [-0.39, 0.29) is 17.9 Å². The molecule has 2 heterocycles. The van der Waals surface area contributed by atoms with Crippen LogP contribution in [0.4, 0.5) is 5.69 Å². The molecule has 3 rings (SSSR count). The lowest BCUT2D eigenvalue weighted by atomic mass is 10.1. The number of nitrogens with two attached hydrogens (primary N) is 1. The molecule has 0 bridgehead atoms. The average molecular weight is 358 g/mol. The van der Waals surface area contributed by atoms with E-state index in [2.05, 4.69) is 27.5 Å². The van der Waals surface area contributed by atoms with Crippen LogP contribution >= 0.6 is 0 Å². The van der Waals surface area contributed by atoms with Gasteiger partial charge in [-0.15, -0.1) is 5.10 Å². The monoisotopic (exact) mass is 358 g/mol. The quantitative estimate of drug-likeness (QED) is 0.779. The molecule has 1 saturated carbocycles. The Bertz CT molecular complexity index is 730. The summed E-state index contributed by atoms with van der Waals surface area (Å²) >= 11 is 0. The molecule has 26 heavy (non-hydrogen) atoms. The van der Waals surface area contributed by atoms with E-state index in [0.29, 0.717) is 30.5 Å². The highest BCUT2D eigenvalue weighted by Crippen LogP contribution is 2.34. The molecule has 0 radical (unpaired) electrons. The number of methoxy groups -OCH3 is 1. The molecule has 0 aliphatic heterocycles. The lowest BCUT2D eigenvalue weighted by Gasteiger charge is -2.15. The van der Waals surface area contributed by atoms with E-state index in [9.17, 15) is 4.79 Å². The van der Waals surface area contributed by atoms with E-state index in [1.807, 2.05) is 16.9 Å². The van der Waals surface area contributed by atoms with Gasteiger partial charge in [0.25, 0.3) is 0 Å². The number of pyridine rings is 1. The minimum absolute atomic E-state index is 0.0250. The molecule has 0 aromatic carbocycles. The smallest absolute Gasteiger partial charge is 0.223 e. The Morgan fingerprint density at radius 3 is 3.00 bits per heavy atom. The summed E-state index contributed by atoms with van der Waals surface area (Å²) in [5, 5.41) is 11.5. The molecule has 3 unspecified atom stereocenters. The maximum atomic E-state index is 12.4. The van der Waals surface area contributed by atoms with Gasteiger partial charge in [0, 0.05) is 19.6 Å². The molecule has 1 fully saturated rings. The first-order valence-electron chi connectivity index (χ1n) is 8.97. The van der Waals surface area contributed by atoms with Gasteiger partial charge in [-0.3, -0.25) is 9.78 Å². The molecular weight excluding hydrogens is 332 g/mol. The maximum absolute atomic E-state index is 12.4. The largest absolute Gasteiger partial charge is 0.397 e. The molecule has 8 nitrogen and oxygen atoms in total. The van der Waals surface area contributed by atoms with Crippen LogP contribution in [0, 0.1) is 11.8 Å². The zero-order chi connectivity index (χ0) is 18.5. The van der Waals surface area contributed by atoms with E-state index in [0.717, 1.165) is 25.0 Å². The fraction of sp³-hybridized carbons (Fsp3) is 0.556. The fourth-order valence-corrected chi connectivity index (χ4v) is 3.33. The molecule has 3 N–H and O–H groups in total. The van der Waals surface area contributed by atoms with Crippen molar-refractivity contribution in [2.45, 2.75) is 32.2 Å². The van der Waals surface area contributed by atoms with Gasteiger partial charge in [-0.05, 0) is 37.3 Å². The normalized spacial score (nSPS) is 20.8. The molecule has 1 amide bonds. The molecule has 2 aromatic heterocycles. The molecular formula is C18H26N6O2. The first-order valence-corrected chi connectivity index (χ1v) is 8.97. The van der Waals surface area contributed by atoms with Crippen molar-refractivity contribution < 1.29 is 9.53 Å². The van der Waals surface area contributed by atoms with Crippen molar-refractivity contribution in [3.8, 4) is 11.4 Å². The van der Waals surface area contributed by atoms with Crippen LogP contribution in [0.25, 0.3) is 11.4 Å².